The molecule has 0 radical (unpaired) electrons. The van der Waals surface area contributed by atoms with Crippen molar-refractivity contribution >= 4 is 36.1 Å². The molecule has 2 aromatic rings. The summed E-state index contributed by atoms with van der Waals surface area (Å²) in [6, 6.07) is 4.32. The van der Waals surface area contributed by atoms with Crippen molar-refractivity contribution in [2.24, 2.45) is 0 Å². The minimum atomic E-state index is -0.329. The van der Waals surface area contributed by atoms with E-state index in [-0.39, 0.29) is 11.7 Å². The monoisotopic (exact) mass is 605 g/mol. The van der Waals surface area contributed by atoms with Gasteiger partial charge >= 0.3 is 0 Å². The van der Waals surface area contributed by atoms with Crippen LogP contribution in [-0.2, 0) is 14.4 Å². The second-order valence-corrected chi connectivity index (χ2v) is 9.07. The predicted molar refractivity (Wildman–Crippen MR) is 183 cm³/mol. The number of amides is 3. The molecule has 0 aliphatic heterocycles. The number of benzene rings is 1. The number of H-pyrrole nitrogens is 1. The second kappa shape index (κ2) is 28.6. The van der Waals surface area contributed by atoms with E-state index < -0.39 is 0 Å². The van der Waals surface area contributed by atoms with E-state index in [1.165, 1.54) is 23.3 Å². The molecule has 0 fully saturated rings. The number of aromatic amines is 1. The van der Waals surface area contributed by atoms with Gasteiger partial charge in [0.1, 0.15) is 5.82 Å². The van der Waals surface area contributed by atoms with E-state index in [1.54, 1.807) is 13.0 Å². The minimum Gasteiger partial charge on any atom is -0.359 e. The predicted octanol–water partition coefficient (Wildman–Crippen LogP) is 7.26. The van der Waals surface area contributed by atoms with Crippen molar-refractivity contribution in [3.63, 3.8) is 0 Å². The zero-order valence-electron chi connectivity index (χ0n) is 29.0. The van der Waals surface area contributed by atoms with Crippen LogP contribution < -0.4 is 16.0 Å². The van der Waals surface area contributed by atoms with E-state index in [0.29, 0.717) is 17.7 Å². The lowest BCUT2D eigenvalue weighted by atomic mass is 10.0. The molecule has 0 aliphatic rings. The lowest BCUT2D eigenvalue weighted by Crippen LogP contribution is -2.35. The lowest BCUT2D eigenvalue weighted by Gasteiger charge is -2.18. The number of rotatable bonds is 13. The number of allylic oxidation sites excluding steroid dienone is 1. The molecule has 1 aromatic heterocycles. The molecule has 0 aliphatic carbocycles. The van der Waals surface area contributed by atoms with Crippen LogP contribution in [0.15, 0.2) is 18.2 Å². The van der Waals surface area contributed by atoms with E-state index in [9.17, 15) is 18.8 Å². The number of likely N-dealkylation sites (N-methyl/N-ethyl adjacent to an activating group) is 2. The Balaban J connectivity index is -0.000000611. The number of aromatic nitrogens is 1. The average Bonchev–Trinajstić information content (AvgIpc) is 3.25. The van der Waals surface area contributed by atoms with Crippen molar-refractivity contribution in [3.8, 4) is 0 Å². The fourth-order valence-electron chi connectivity index (χ4n) is 3.61. The Hall–Kier alpha value is -3.46. The Kier molecular flexibility index (Phi) is 29.3. The van der Waals surface area contributed by atoms with E-state index in [0.717, 1.165) is 68.9 Å². The highest BCUT2D eigenvalue weighted by atomic mass is 19.1. The third-order valence-electron chi connectivity index (χ3n) is 6.23. The Morgan fingerprint density at radius 2 is 1.58 bits per heavy atom. The largest absolute Gasteiger partial charge is 0.359 e. The van der Waals surface area contributed by atoms with Crippen LogP contribution in [0.25, 0.3) is 11.6 Å². The number of unbranched alkanes of at least 4 members (excludes halogenated alkanes) is 1. The molecule has 1 aromatic carbocycles. The van der Waals surface area contributed by atoms with Crippen molar-refractivity contribution in [1.29, 1.82) is 0 Å². The number of aryl methyl sites for hydroxylation is 1. The summed E-state index contributed by atoms with van der Waals surface area (Å²) in [5, 5.41) is 8.35. The third-order valence-corrected chi connectivity index (χ3v) is 6.23. The Bertz CT molecular complexity index is 1050. The van der Waals surface area contributed by atoms with Crippen LogP contribution in [0.2, 0.25) is 0 Å². The minimum absolute atomic E-state index is 0.158. The zero-order chi connectivity index (χ0) is 33.8. The maximum atomic E-state index is 13.5. The number of carbonyl (C=O) groups excluding carboxylic acids is 3. The molecule has 43 heavy (non-hydrogen) atoms. The third kappa shape index (κ3) is 19.4. The molecule has 4 N–H and O–H groups in total. The average molecular weight is 606 g/mol. The zero-order valence-corrected chi connectivity index (χ0v) is 29.0. The molecule has 0 saturated carbocycles. The Labute approximate surface area is 261 Å². The highest BCUT2D eigenvalue weighted by Crippen LogP contribution is 2.28. The van der Waals surface area contributed by atoms with Gasteiger partial charge in [0.15, 0.2) is 0 Å². The maximum Gasteiger partial charge on any atom is 0.219 e. The van der Waals surface area contributed by atoms with Gasteiger partial charge in [-0.15, -0.1) is 0 Å². The molecule has 3 amide bonds. The molecule has 246 valence electrons. The first kappa shape index (κ1) is 44.0. The van der Waals surface area contributed by atoms with Crippen LogP contribution in [0.5, 0.6) is 0 Å². The molecular formula is C34H60FN5O3. The van der Waals surface area contributed by atoms with Gasteiger partial charge in [-0.2, -0.15) is 0 Å². The molecule has 0 unspecified atom stereocenters. The van der Waals surface area contributed by atoms with Crippen molar-refractivity contribution in [1.82, 2.24) is 20.5 Å². The molecule has 0 spiro atoms. The Morgan fingerprint density at radius 3 is 2.02 bits per heavy atom. The molecule has 8 nitrogen and oxygen atoms in total. The van der Waals surface area contributed by atoms with Crippen LogP contribution >= 0.6 is 0 Å². The number of carbonyl (C=O) groups is 3. The van der Waals surface area contributed by atoms with Crippen LogP contribution in [0.4, 0.5) is 10.1 Å². The van der Waals surface area contributed by atoms with Gasteiger partial charge in [0.2, 0.25) is 18.7 Å². The van der Waals surface area contributed by atoms with Gasteiger partial charge in [0, 0.05) is 55.7 Å². The summed E-state index contributed by atoms with van der Waals surface area (Å²) in [5.74, 6) is -0.171. The van der Waals surface area contributed by atoms with Gasteiger partial charge in [-0.1, -0.05) is 48.0 Å². The fourth-order valence-corrected chi connectivity index (χ4v) is 3.61. The summed E-state index contributed by atoms with van der Waals surface area (Å²) < 4.78 is 13.5. The van der Waals surface area contributed by atoms with E-state index in [1.807, 2.05) is 66.4 Å². The number of halogens is 1. The topological polar surface area (TPSA) is 106 Å². The van der Waals surface area contributed by atoms with Crippen molar-refractivity contribution in [3.05, 3.63) is 52.1 Å². The molecule has 0 bridgehead atoms. The molecule has 1 heterocycles. The Morgan fingerprint density at radius 1 is 0.953 bits per heavy atom. The van der Waals surface area contributed by atoms with Crippen molar-refractivity contribution in [2.45, 2.75) is 95.9 Å². The van der Waals surface area contributed by atoms with Crippen LogP contribution in [0, 0.1) is 26.6 Å². The maximum absolute atomic E-state index is 13.5. The number of nitrogens with one attached hydrogen (secondary N) is 4. The van der Waals surface area contributed by atoms with Gasteiger partial charge in [0.25, 0.3) is 0 Å². The lowest BCUT2D eigenvalue weighted by molar-refractivity contribution is -0.128. The molecule has 9 heteroatoms. The molecular weight excluding hydrogens is 545 g/mol. The summed E-state index contributed by atoms with van der Waals surface area (Å²) >= 11 is 0. The van der Waals surface area contributed by atoms with Gasteiger partial charge in [0.05, 0.1) is 0 Å². The summed E-state index contributed by atoms with van der Waals surface area (Å²) in [5.41, 5.74) is 6.67. The SMILES string of the molecule is C/C(=C\c1[nH]c(C)c(C)c1C)c1cc(F)ccc1NC=O.CC.CC.CCCCNC=O.CCNCCN(CC)C(C)=O. The van der Waals surface area contributed by atoms with Gasteiger partial charge in [-0.05, 0) is 88.6 Å². The first-order chi connectivity index (χ1) is 20.6. The van der Waals surface area contributed by atoms with Crippen LogP contribution in [-0.4, -0.2) is 61.3 Å². The molecule has 0 atom stereocenters. The number of hydrogen-bond acceptors (Lipinski definition) is 4. The van der Waals surface area contributed by atoms with Gasteiger partial charge in [-0.25, -0.2) is 4.39 Å². The second-order valence-electron chi connectivity index (χ2n) is 9.07. The summed E-state index contributed by atoms with van der Waals surface area (Å²) in [6.45, 7) is 28.1. The smallest absolute Gasteiger partial charge is 0.219 e. The first-order valence-electron chi connectivity index (χ1n) is 15.5. The molecule has 0 saturated heterocycles. The first-order valence-corrected chi connectivity index (χ1v) is 15.5. The quantitative estimate of drug-likeness (QED) is 0.142. The van der Waals surface area contributed by atoms with E-state index in [2.05, 4.69) is 41.7 Å². The molecule has 2 rings (SSSR count). The standard InChI is InChI=1S/C17H19FN2O.C8H18N2O.C5H11NO.2C2H6/c1-10(7-17-12(3)11(2)13(4)20-17)15-8-14(18)5-6-16(15)19-9-21;1-4-9-6-7-10(5-2)8(3)11;1-2-3-4-6-5-7;2*1-2/h5-9,20H,1-4H3,(H,19,21);9H,4-7H2,1-3H3;5H,2-4H2,1H3,(H,6,7);2*1-2H3/b10-7+;;;;. The normalized spacial score (nSPS) is 9.74. The van der Waals surface area contributed by atoms with Crippen LogP contribution in [0.3, 0.4) is 0 Å². The van der Waals surface area contributed by atoms with Gasteiger partial charge in [-0.3, -0.25) is 14.4 Å². The van der Waals surface area contributed by atoms with Crippen molar-refractivity contribution < 1.29 is 18.8 Å². The summed E-state index contributed by atoms with van der Waals surface area (Å²) in [4.78, 5) is 36.2. The summed E-state index contributed by atoms with van der Waals surface area (Å²) in [6.07, 6.45) is 5.52. The number of hydrogen-bond donors (Lipinski definition) is 4. The highest BCUT2D eigenvalue weighted by molar-refractivity contribution is 5.89. The summed E-state index contributed by atoms with van der Waals surface area (Å²) in [7, 11) is 0. The van der Waals surface area contributed by atoms with Crippen molar-refractivity contribution in [2.75, 3.05) is 38.0 Å². The van der Waals surface area contributed by atoms with Gasteiger partial charge < -0.3 is 25.8 Å². The van der Waals surface area contributed by atoms with E-state index >= 15 is 0 Å². The van der Waals surface area contributed by atoms with Crippen LogP contribution in [0.1, 0.15) is 103 Å². The van der Waals surface area contributed by atoms with E-state index in [4.69, 9.17) is 0 Å². The number of nitrogens with zero attached hydrogens (tertiary/aromatic N) is 1. The fraction of sp³-hybridized carbons (Fsp3) is 0.559. The number of anilines is 1. The highest BCUT2D eigenvalue weighted by Gasteiger charge is 2.09.